The lowest BCUT2D eigenvalue weighted by Gasteiger charge is -2.06. The SMILES string of the molecule is CC(C)c1cc2c(NCCCOCCCl)nccn2n1. The van der Waals surface area contributed by atoms with E-state index in [1.54, 1.807) is 6.20 Å². The Morgan fingerprint density at radius 2 is 2.25 bits per heavy atom. The molecule has 0 aliphatic rings. The van der Waals surface area contributed by atoms with Gasteiger partial charge in [-0.15, -0.1) is 11.6 Å². The summed E-state index contributed by atoms with van der Waals surface area (Å²) in [6.45, 7) is 6.40. The second-order valence-electron chi connectivity index (χ2n) is 4.91. The topological polar surface area (TPSA) is 51.5 Å². The number of hydrogen-bond donors (Lipinski definition) is 1. The number of nitrogens with zero attached hydrogens (tertiary/aromatic N) is 3. The maximum atomic E-state index is 5.54. The van der Waals surface area contributed by atoms with Crippen LogP contribution in [-0.4, -0.2) is 40.2 Å². The van der Waals surface area contributed by atoms with E-state index in [0.29, 0.717) is 25.0 Å². The third-order valence-corrected chi connectivity index (χ3v) is 3.13. The molecule has 0 aromatic carbocycles. The van der Waals surface area contributed by atoms with Crippen LogP contribution in [0.15, 0.2) is 18.5 Å². The molecule has 2 rings (SSSR count). The Bertz CT molecular complexity index is 541. The predicted molar refractivity (Wildman–Crippen MR) is 81.7 cm³/mol. The van der Waals surface area contributed by atoms with Crippen molar-refractivity contribution >= 4 is 22.9 Å². The van der Waals surface area contributed by atoms with E-state index < -0.39 is 0 Å². The summed E-state index contributed by atoms with van der Waals surface area (Å²) in [6.07, 6.45) is 4.55. The minimum Gasteiger partial charge on any atom is -0.380 e. The first-order valence-corrected chi connectivity index (χ1v) is 7.47. The van der Waals surface area contributed by atoms with E-state index in [2.05, 4.69) is 35.3 Å². The summed E-state index contributed by atoms with van der Waals surface area (Å²) in [5, 5.41) is 7.87. The molecule has 1 N–H and O–H groups in total. The Morgan fingerprint density at radius 1 is 1.40 bits per heavy atom. The number of anilines is 1. The molecule has 20 heavy (non-hydrogen) atoms. The first-order valence-electron chi connectivity index (χ1n) is 6.94. The molecule has 0 saturated heterocycles. The van der Waals surface area contributed by atoms with Crippen molar-refractivity contribution in [1.29, 1.82) is 0 Å². The highest BCUT2D eigenvalue weighted by molar-refractivity contribution is 6.17. The van der Waals surface area contributed by atoms with E-state index in [-0.39, 0.29) is 0 Å². The van der Waals surface area contributed by atoms with Crippen molar-refractivity contribution in [3.8, 4) is 0 Å². The fourth-order valence-electron chi connectivity index (χ4n) is 1.90. The number of halogens is 1. The minimum atomic E-state index is 0.409. The van der Waals surface area contributed by atoms with Gasteiger partial charge >= 0.3 is 0 Å². The zero-order valence-corrected chi connectivity index (χ0v) is 12.7. The summed E-state index contributed by atoms with van der Waals surface area (Å²) < 4.78 is 7.20. The molecule has 2 heterocycles. The highest BCUT2D eigenvalue weighted by atomic mass is 35.5. The van der Waals surface area contributed by atoms with Crippen molar-refractivity contribution in [3.05, 3.63) is 24.2 Å². The monoisotopic (exact) mass is 296 g/mol. The molecule has 0 fully saturated rings. The molecule has 6 heteroatoms. The van der Waals surface area contributed by atoms with Gasteiger partial charge in [0.25, 0.3) is 0 Å². The zero-order valence-electron chi connectivity index (χ0n) is 12.0. The van der Waals surface area contributed by atoms with Crippen LogP contribution in [0.25, 0.3) is 5.52 Å². The Morgan fingerprint density at radius 3 is 3.00 bits per heavy atom. The van der Waals surface area contributed by atoms with Crippen LogP contribution in [-0.2, 0) is 4.74 Å². The maximum absolute atomic E-state index is 5.54. The number of alkyl halides is 1. The number of fused-ring (bicyclic) bond motifs is 1. The molecule has 2 aromatic rings. The van der Waals surface area contributed by atoms with Crippen molar-refractivity contribution in [2.24, 2.45) is 0 Å². The van der Waals surface area contributed by atoms with Crippen LogP contribution in [0.5, 0.6) is 0 Å². The van der Waals surface area contributed by atoms with Gasteiger partial charge in [-0.1, -0.05) is 13.8 Å². The molecular weight excluding hydrogens is 276 g/mol. The van der Waals surface area contributed by atoms with Gasteiger partial charge in [0.2, 0.25) is 0 Å². The van der Waals surface area contributed by atoms with Gasteiger partial charge in [-0.3, -0.25) is 0 Å². The van der Waals surface area contributed by atoms with E-state index in [4.69, 9.17) is 16.3 Å². The highest BCUT2D eigenvalue weighted by Crippen LogP contribution is 2.19. The smallest absolute Gasteiger partial charge is 0.152 e. The van der Waals surface area contributed by atoms with Crippen molar-refractivity contribution in [3.63, 3.8) is 0 Å². The quantitative estimate of drug-likeness (QED) is 0.601. The van der Waals surface area contributed by atoms with Crippen LogP contribution in [0.2, 0.25) is 0 Å². The van der Waals surface area contributed by atoms with Gasteiger partial charge in [-0.25, -0.2) is 9.50 Å². The Labute approximate surface area is 124 Å². The molecule has 0 unspecified atom stereocenters. The summed E-state index contributed by atoms with van der Waals surface area (Å²) in [4.78, 5) is 4.38. The van der Waals surface area contributed by atoms with Crippen LogP contribution in [0.1, 0.15) is 31.9 Å². The lowest BCUT2D eigenvalue weighted by molar-refractivity contribution is 0.149. The largest absolute Gasteiger partial charge is 0.380 e. The Kier molecular flexibility index (Phi) is 5.61. The molecule has 110 valence electrons. The minimum absolute atomic E-state index is 0.409. The van der Waals surface area contributed by atoms with Crippen molar-refractivity contribution < 1.29 is 4.74 Å². The Hall–Kier alpha value is -1.33. The normalized spacial score (nSPS) is 11.4. The van der Waals surface area contributed by atoms with Crippen LogP contribution in [0.4, 0.5) is 5.82 Å². The van der Waals surface area contributed by atoms with Gasteiger partial charge in [0.1, 0.15) is 5.52 Å². The van der Waals surface area contributed by atoms with Gasteiger partial charge in [0, 0.05) is 31.4 Å². The summed E-state index contributed by atoms with van der Waals surface area (Å²) in [5.74, 6) is 1.82. The van der Waals surface area contributed by atoms with Crippen LogP contribution in [0, 0.1) is 0 Å². The third kappa shape index (κ3) is 3.84. The highest BCUT2D eigenvalue weighted by Gasteiger charge is 2.09. The number of nitrogens with one attached hydrogen (secondary N) is 1. The van der Waals surface area contributed by atoms with Gasteiger partial charge in [0.15, 0.2) is 5.82 Å². The first kappa shape index (κ1) is 15.1. The third-order valence-electron chi connectivity index (χ3n) is 2.98. The van der Waals surface area contributed by atoms with Crippen LogP contribution >= 0.6 is 11.6 Å². The van der Waals surface area contributed by atoms with Crippen LogP contribution < -0.4 is 5.32 Å². The van der Waals surface area contributed by atoms with E-state index >= 15 is 0 Å². The summed E-state index contributed by atoms with van der Waals surface area (Å²) >= 11 is 5.54. The van der Waals surface area contributed by atoms with Gasteiger partial charge in [-0.2, -0.15) is 5.10 Å². The fourth-order valence-corrected chi connectivity index (χ4v) is 2.01. The van der Waals surface area contributed by atoms with Crippen LogP contribution in [0.3, 0.4) is 0 Å². The van der Waals surface area contributed by atoms with Gasteiger partial charge in [-0.05, 0) is 18.4 Å². The summed E-state index contributed by atoms with van der Waals surface area (Å²) in [7, 11) is 0. The number of rotatable bonds is 8. The van der Waals surface area contributed by atoms with Crippen molar-refractivity contribution in [1.82, 2.24) is 14.6 Å². The molecule has 0 radical (unpaired) electrons. The molecule has 0 aliphatic carbocycles. The second-order valence-corrected chi connectivity index (χ2v) is 5.29. The molecule has 0 amide bonds. The molecule has 5 nitrogen and oxygen atoms in total. The molecule has 0 spiro atoms. The number of hydrogen-bond acceptors (Lipinski definition) is 4. The average Bonchev–Trinajstić information content (AvgIpc) is 2.87. The Balaban J connectivity index is 1.95. The summed E-state index contributed by atoms with van der Waals surface area (Å²) in [6, 6.07) is 2.09. The first-order chi connectivity index (χ1) is 9.72. The van der Waals surface area contributed by atoms with E-state index in [1.165, 1.54) is 0 Å². The molecular formula is C14H21ClN4O. The molecule has 0 aliphatic heterocycles. The van der Waals surface area contributed by atoms with Crippen molar-refractivity contribution in [2.75, 3.05) is 31.0 Å². The zero-order chi connectivity index (χ0) is 14.4. The molecule has 0 bridgehead atoms. The molecule has 2 aromatic heterocycles. The van der Waals surface area contributed by atoms with Gasteiger partial charge < -0.3 is 10.1 Å². The predicted octanol–water partition coefficient (Wildman–Crippen LogP) is 2.91. The number of ether oxygens (including phenoxy) is 1. The molecule has 0 saturated carbocycles. The standard InChI is InChI=1S/C14H21ClN4O/c1-11(2)12-10-13-14(17-6-7-19(13)18-12)16-5-3-8-20-9-4-15/h6-7,10-11H,3-5,8-9H2,1-2H3,(H,16,17). The second kappa shape index (κ2) is 7.45. The lowest BCUT2D eigenvalue weighted by Crippen LogP contribution is -2.08. The summed E-state index contributed by atoms with van der Waals surface area (Å²) in [5.41, 5.74) is 2.09. The lowest BCUT2D eigenvalue weighted by atomic mass is 10.1. The maximum Gasteiger partial charge on any atom is 0.152 e. The molecule has 0 atom stereocenters. The van der Waals surface area contributed by atoms with E-state index in [0.717, 1.165) is 30.0 Å². The number of aromatic nitrogens is 3. The van der Waals surface area contributed by atoms with Crippen molar-refractivity contribution in [2.45, 2.75) is 26.2 Å². The van der Waals surface area contributed by atoms with E-state index in [9.17, 15) is 0 Å². The van der Waals surface area contributed by atoms with E-state index in [1.807, 2.05) is 10.7 Å². The van der Waals surface area contributed by atoms with Gasteiger partial charge in [0.05, 0.1) is 12.3 Å². The fraction of sp³-hybridized carbons (Fsp3) is 0.571. The average molecular weight is 297 g/mol.